The van der Waals surface area contributed by atoms with Gasteiger partial charge in [-0.05, 0) is 19.1 Å². The third-order valence-corrected chi connectivity index (χ3v) is 2.02. The molecular weight excluding hydrogens is 206 g/mol. The van der Waals surface area contributed by atoms with Gasteiger partial charge in [-0.3, -0.25) is 9.78 Å². The quantitative estimate of drug-likeness (QED) is 0.576. The molecule has 5 nitrogen and oxygen atoms in total. The minimum atomic E-state index is -0.548. The summed E-state index contributed by atoms with van der Waals surface area (Å²) < 4.78 is 0. The van der Waals surface area contributed by atoms with Crippen molar-refractivity contribution >= 4 is 11.6 Å². The lowest BCUT2D eigenvalue weighted by Gasteiger charge is -2.24. The van der Waals surface area contributed by atoms with E-state index in [0.29, 0.717) is 5.71 Å². The Balaban J connectivity index is 2.82. The predicted octanol–water partition coefficient (Wildman–Crippen LogP) is 1.79. The average Bonchev–Trinajstić information content (AvgIpc) is 2.28. The first-order valence-electron chi connectivity index (χ1n) is 4.99. The second-order valence-electron chi connectivity index (χ2n) is 3.69. The fourth-order valence-electron chi connectivity index (χ4n) is 1.06. The van der Waals surface area contributed by atoms with E-state index in [9.17, 15) is 10.0 Å². The van der Waals surface area contributed by atoms with E-state index in [2.05, 4.69) is 10.1 Å². The van der Waals surface area contributed by atoms with Crippen LogP contribution in [0.3, 0.4) is 0 Å². The molecule has 0 spiro atoms. The minimum absolute atomic E-state index is 0.139. The maximum Gasteiger partial charge on any atom is 0.235 e. The van der Waals surface area contributed by atoms with Crippen molar-refractivity contribution in [3.8, 4) is 0 Å². The summed E-state index contributed by atoms with van der Waals surface area (Å²) >= 11 is 0. The number of pyridine rings is 1. The van der Waals surface area contributed by atoms with Gasteiger partial charge < -0.3 is 10.4 Å². The number of hydrogen-bond acceptors (Lipinski definition) is 4. The molecule has 1 rings (SSSR count). The summed E-state index contributed by atoms with van der Waals surface area (Å²) in [6.07, 6.45) is 3.21. The summed E-state index contributed by atoms with van der Waals surface area (Å²) in [4.78, 5) is 15.2. The molecule has 1 heterocycles. The van der Waals surface area contributed by atoms with Crippen LogP contribution in [-0.2, 0) is 4.79 Å². The van der Waals surface area contributed by atoms with Gasteiger partial charge in [0.15, 0.2) is 0 Å². The Morgan fingerprint density at radius 1 is 1.44 bits per heavy atom. The Morgan fingerprint density at radius 3 is 2.50 bits per heavy atom. The van der Waals surface area contributed by atoms with E-state index in [4.69, 9.17) is 0 Å². The van der Waals surface area contributed by atoms with Crippen LogP contribution in [0, 0.1) is 11.1 Å². The summed E-state index contributed by atoms with van der Waals surface area (Å²) in [5, 5.41) is 15.2. The van der Waals surface area contributed by atoms with Gasteiger partial charge in [-0.15, -0.1) is 0 Å². The highest BCUT2D eigenvalue weighted by molar-refractivity contribution is 5.99. The molecule has 1 aromatic heterocycles. The molecule has 0 fully saturated rings. The van der Waals surface area contributed by atoms with Crippen LogP contribution in [0.1, 0.15) is 26.3 Å². The zero-order valence-electron chi connectivity index (χ0n) is 9.54. The van der Waals surface area contributed by atoms with Crippen LogP contribution in [0.2, 0.25) is 0 Å². The van der Waals surface area contributed by atoms with Crippen LogP contribution in [0.5, 0.6) is 0 Å². The first-order valence-corrected chi connectivity index (χ1v) is 4.99. The zero-order valence-corrected chi connectivity index (χ0v) is 9.54. The second-order valence-corrected chi connectivity index (χ2v) is 3.69. The SMILES string of the molecule is CC(=NN([O-])C(=O)C(C)C)c1ccncc1. The molecular formula is C11H14N3O2-. The Bertz CT molecular complexity index is 387. The van der Waals surface area contributed by atoms with Crippen LogP contribution >= 0.6 is 0 Å². The monoisotopic (exact) mass is 220 g/mol. The highest BCUT2D eigenvalue weighted by Crippen LogP contribution is 2.04. The molecule has 86 valence electrons. The van der Waals surface area contributed by atoms with Crippen LogP contribution < -0.4 is 0 Å². The van der Waals surface area contributed by atoms with Crippen LogP contribution in [0.15, 0.2) is 29.6 Å². The van der Waals surface area contributed by atoms with Crippen molar-refractivity contribution in [3.05, 3.63) is 35.3 Å². The molecule has 0 aromatic carbocycles. The lowest BCUT2D eigenvalue weighted by atomic mass is 10.2. The molecule has 0 radical (unpaired) electrons. The Kier molecular flexibility index (Phi) is 4.13. The number of amides is 1. The molecule has 5 heteroatoms. The Labute approximate surface area is 94.4 Å². The van der Waals surface area contributed by atoms with E-state index in [0.717, 1.165) is 5.56 Å². The van der Waals surface area contributed by atoms with Crippen molar-refractivity contribution in [3.63, 3.8) is 0 Å². The van der Waals surface area contributed by atoms with Gasteiger partial charge in [0.25, 0.3) is 0 Å². The minimum Gasteiger partial charge on any atom is -0.735 e. The van der Waals surface area contributed by atoms with Gasteiger partial charge in [0.1, 0.15) is 0 Å². The Morgan fingerprint density at radius 2 is 2.00 bits per heavy atom. The number of hydrogen-bond donors (Lipinski definition) is 0. The molecule has 0 atom stereocenters. The van der Waals surface area contributed by atoms with Crippen molar-refractivity contribution in [2.24, 2.45) is 11.0 Å². The molecule has 0 unspecified atom stereocenters. The van der Waals surface area contributed by atoms with Gasteiger partial charge in [0.05, 0.1) is 5.71 Å². The van der Waals surface area contributed by atoms with Crippen molar-refractivity contribution < 1.29 is 4.79 Å². The predicted molar refractivity (Wildman–Crippen MR) is 61.5 cm³/mol. The molecule has 1 amide bonds. The van der Waals surface area contributed by atoms with Gasteiger partial charge in [-0.1, -0.05) is 13.8 Å². The van der Waals surface area contributed by atoms with E-state index in [1.54, 1.807) is 45.3 Å². The molecule has 0 aliphatic carbocycles. The van der Waals surface area contributed by atoms with Crippen LogP contribution in [0.4, 0.5) is 0 Å². The van der Waals surface area contributed by atoms with Crippen LogP contribution in [-0.4, -0.2) is 21.8 Å². The van der Waals surface area contributed by atoms with Gasteiger partial charge in [-0.2, -0.15) is 5.10 Å². The zero-order chi connectivity index (χ0) is 12.1. The summed E-state index contributed by atoms with van der Waals surface area (Å²) in [6, 6.07) is 3.46. The highest BCUT2D eigenvalue weighted by atomic mass is 16.5. The topological polar surface area (TPSA) is 68.6 Å². The van der Waals surface area contributed by atoms with Gasteiger partial charge in [-0.25, -0.2) is 0 Å². The molecule has 0 saturated heterocycles. The highest BCUT2D eigenvalue weighted by Gasteiger charge is 2.08. The van der Waals surface area contributed by atoms with E-state index in [1.165, 1.54) is 0 Å². The van der Waals surface area contributed by atoms with Crippen LogP contribution in [0.25, 0.3) is 0 Å². The standard InChI is InChI=1S/C11H14N3O2/c1-8(2)11(15)14(16)13-9(3)10-4-6-12-7-5-10/h4-8H,1-3H3/q-1. The third-order valence-electron chi connectivity index (χ3n) is 2.02. The van der Waals surface area contributed by atoms with E-state index < -0.39 is 5.91 Å². The maximum atomic E-state index is 11.3. The lowest BCUT2D eigenvalue weighted by Crippen LogP contribution is -2.25. The fourth-order valence-corrected chi connectivity index (χ4v) is 1.06. The summed E-state index contributed by atoms with van der Waals surface area (Å²) in [6.45, 7) is 4.99. The van der Waals surface area contributed by atoms with E-state index in [1.807, 2.05) is 0 Å². The molecule has 1 aromatic rings. The van der Waals surface area contributed by atoms with Crippen molar-refractivity contribution in [1.82, 2.24) is 10.2 Å². The second kappa shape index (κ2) is 5.37. The molecule has 0 bridgehead atoms. The summed E-state index contributed by atoms with van der Waals surface area (Å²) in [7, 11) is 0. The largest absolute Gasteiger partial charge is 0.735 e. The van der Waals surface area contributed by atoms with Gasteiger partial charge in [0, 0.05) is 23.9 Å². The number of nitrogens with zero attached hydrogens (tertiary/aromatic N) is 3. The first kappa shape index (κ1) is 12.3. The fraction of sp³-hybridized carbons (Fsp3) is 0.364. The van der Waals surface area contributed by atoms with Crippen molar-refractivity contribution in [1.29, 1.82) is 0 Å². The molecule has 0 aliphatic heterocycles. The van der Waals surface area contributed by atoms with Gasteiger partial charge >= 0.3 is 0 Å². The Hall–Kier alpha value is -1.75. The number of hydroxylamine groups is 1. The first-order chi connectivity index (χ1) is 7.52. The molecule has 16 heavy (non-hydrogen) atoms. The molecule has 0 saturated carbocycles. The maximum absolute atomic E-state index is 11.3. The summed E-state index contributed by atoms with van der Waals surface area (Å²) in [5.74, 6) is -0.903. The molecule has 0 aliphatic rings. The number of hydrazone groups is 1. The smallest absolute Gasteiger partial charge is 0.235 e. The molecule has 0 N–H and O–H groups in total. The van der Waals surface area contributed by atoms with E-state index in [-0.39, 0.29) is 11.1 Å². The average molecular weight is 220 g/mol. The van der Waals surface area contributed by atoms with Crippen molar-refractivity contribution in [2.45, 2.75) is 20.8 Å². The summed E-state index contributed by atoms with van der Waals surface area (Å²) in [5.41, 5.74) is 1.26. The number of aromatic nitrogens is 1. The van der Waals surface area contributed by atoms with Gasteiger partial charge in [0.2, 0.25) is 5.91 Å². The normalized spacial score (nSPS) is 11.7. The van der Waals surface area contributed by atoms with E-state index >= 15 is 0 Å². The number of carbonyl (C=O) groups is 1. The lowest BCUT2D eigenvalue weighted by molar-refractivity contribution is -0.131. The number of carbonyl (C=O) groups excluding carboxylic acids is 1. The third kappa shape index (κ3) is 3.13. The number of rotatable bonds is 3. The van der Waals surface area contributed by atoms with Crippen molar-refractivity contribution in [2.75, 3.05) is 0 Å².